The Hall–Kier alpha value is -1.33. The van der Waals surface area contributed by atoms with Crippen LogP contribution in [0.1, 0.15) is 30.6 Å². The highest BCUT2D eigenvalue weighted by Gasteiger charge is 2.12. The van der Waals surface area contributed by atoms with Gasteiger partial charge >= 0.3 is 5.97 Å². The van der Waals surface area contributed by atoms with Crippen molar-refractivity contribution < 1.29 is 9.53 Å². The molecule has 0 aromatic heterocycles. The molecule has 19 heavy (non-hydrogen) atoms. The number of rotatable bonds is 4. The number of hydrogen-bond acceptors (Lipinski definition) is 3. The minimum Gasteiger partial charge on any atom is -0.465 e. The van der Waals surface area contributed by atoms with Crippen LogP contribution in [0.2, 0.25) is 5.02 Å². The third-order valence-electron chi connectivity index (χ3n) is 2.62. The van der Waals surface area contributed by atoms with Crippen molar-refractivity contribution in [1.29, 1.82) is 0 Å². The van der Waals surface area contributed by atoms with Crippen molar-refractivity contribution in [2.75, 3.05) is 12.4 Å². The van der Waals surface area contributed by atoms with Gasteiger partial charge in [0.1, 0.15) is 0 Å². The smallest absolute Gasteiger partial charge is 0.339 e. The average molecular weight is 301 g/mol. The molecule has 1 atom stereocenters. The van der Waals surface area contributed by atoms with Gasteiger partial charge in [-0.1, -0.05) is 18.5 Å². The highest BCUT2D eigenvalue weighted by atomic mass is 35.5. The van der Waals surface area contributed by atoms with Gasteiger partial charge in [-0.25, -0.2) is 4.79 Å². The summed E-state index contributed by atoms with van der Waals surface area (Å²) in [7, 11) is 1.31. The van der Waals surface area contributed by atoms with E-state index in [2.05, 4.69) is 22.3 Å². The molecule has 0 unspecified atom stereocenters. The van der Waals surface area contributed by atoms with Gasteiger partial charge in [-0.2, -0.15) is 0 Å². The van der Waals surface area contributed by atoms with Crippen molar-refractivity contribution >= 4 is 40.6 Å². The third kappa shape index (κ3) is 4.69. The monoisotopic (exact) mass is 300 g/mol. The van der Waals surface area contributed by atoms with Crippen LogP contribution in [-0.2, 0) is 4.74 Å². The number of nitrogens with one attached hydrogen (secondary N) is 2. The van der Waals surface area contributed by atoms with Gasteiger partial charge in [0, 0.05) is 11.7 Å². The van der Waals surface area contributed by atoms with E-state index >= 15 is 0 Å². The van der Waals surface area contributed by atoms with E-state index < -0.39 is 5.97 Å². The highest BCUT2D eigenvalue weighted by molar-refractivity contribution is 7.80. The van der Waals surface area contributed by atoms with E-state index in [9.17, 15) is 4.79 Å². The Morgan fingerprint density at radius 1 is 1.53 bits per heavy atom. The van der Waals surface area contributed by atoms with Crippen LogP contribution in [0.15, 0.2) is 18.2 Å². The van der Waals surface area contributed by atoms with Gasteiger partial charge in [0.2, 0.25) is 0 Å². The zero-order chi connectivity index (χ0) is 14.4. The lowest BCUT2D eigenvalue weighted by Crippen LogP contribution is -2.35. The van der Waals surface area contributed by atoms with E-state index in [1.807, 2.05) is 6.92 Å². The first kappa shape index (κ1) is 15.7. The molecule has 1 aromatic carbocycles. The van der Waals surface area contributed by atoms with Gasteiger partial charge in [0.25, 0.3) is 0 Å². The van der Waals surface area contributed by atoms with E-state index in [1.54, 1.807) is 18.2 Å². The summed E-state index contributed by atoms with van der Waals surface area (Å²) in [5.74, 6) is -0.477. The summed E-state index contributed by atoms with van der Waals surface area (Å²) in [4.78, 5) is 11.5. The average Bonchev–Trinajstić information content (AvgIpc) is 2.39. The normalized spacial score (nSPS) is 11.6. The number of anilines is 1. The number of ether oxygens (including phenoxy) is 1. The van der Waals surface area contributed by atoms with Gasteiger partial charge in [0.05, 0.1) is 17.7 Å². The second-order valence-electron chi connectivity index (χ2n) is 4.09. The first-order valence-electron chi connectivity index (χ1n) is 5.93. The molecule has 1 aromatic rings. The summed E-state index contributed by atoms with van der Waals surface area (Å²) in [6.45, 7) is 4.10. The molecule has 0 aliphatic carbocycles. The quantitative estimate of drug-likeness (QED) is 0.660. The fraction of sp³-hybridized carbons (Fsp3) is 0.385. The summed E-state index contributed by atoms with van der Waals surface area (Å²) in [5, 5.41) is 6.99. The van der Waals surface area contributed by atoms with Crippen LogP contribution in [0, 0.1) is 0 Å². The van der Waals surface area contributed by atoms with Crippen LogP contribution < -0.4 is 10.6 Å². The molecule has 0 saturated carbocycles. The van der Waals surface area contributed by atoms with Crippen molar-refractivity contribution in [2.45, 2.75) is 26.3 Å². The summed E-state index contributed by atoms with van der Waals surface area (Å²) >= 11 is 11.1. The molecule has 0 saturated heterocycles. The molecule has 0 fully saturated rings. The summed E-state index contributed by atoms with van der Waals surface area (Å²) < 4.78 is 4.66. The number of carbonyl (C=O) groups is 1. The Morgan fingerprint density at radius 3 is 2.79 bits per heavy atom. The van der Waals surface area contributed by atoms with E-state index in [-0.39, 0.29) is 6.04 Å². The van der Waals surface area contributed by atoms with Gasteiger partial charge in [0.15, 0.2) is 5.11 Å². The van der Waals surface area contributed by atoms with E-state index in [0.29, 0.717) is 21.4 Å². The van der Waals surface area contributed by atoms with Gasteiger partial charge < -0.3 is 15.4 Å². The second-order valence-corrected chi connectivity index (χ2v) is 4.91. The largest absolute Gasteiger partial charge is 0.465 e. The molecule has 0 aliphatic heterocycles. The molecular formula is C13H17ClN2O2S. The fourth-order valence-corrected chi connectivity index (χ4v) is 1.88. The first-order valence-corrected chi connectivity index (χ1v) is 6.72. The molecule has 0 spiro atoms. The number of benzene rings is 1. The topological polar surface area (TPSA) is 50.4 Å². The molecule has 2 N–H and O–H groups in total. The minimum absolute atomic E-state index is 0.285. The number of esters is 1. The van der Waals surface area contributed by atoms with Gasteiger partial charge in [-0.05, 0) is 43.8 Å². The summed E-state index contributed by atoms with van der Waals surface area (Å²) in [6.07, 6.45) is 0.968. The Labute approximate surface area is 123 Å². The molecule has 1 rings (SSSR count). The first-order chi connectivity index (χ1) is 8.97. The van der Waals surface area contributed by atoms with Crippen LogP contribution >= 0.6 is 23.8 Å². The predicted molar refractivity (Wildman–Crippen MR) is 81.9 cm³/mol. The van der Waals surface area contributed by atoms with E-state index in [1.165, 1.54) is 7.11 Å². The second kappa shape index (κ2) is 7.31. The molecular weight excluding hydrogens is 284 g/mol. The molecule has 104 valence electrons. The number of methoxy groups -OCH3 is 1. The lowest BCUT2D eigenvalue weighted by molar-refractivity contribution is 0.0601. The maximum Gasteiger partial charge on any atom is 0.339 e. The molecule has 0 radical (unpaired) electrons. The van der Waals surface area contributed by atoms with E-state index in [4.69, 9.17) is 23.8 Å². The zero-order valence-corrected chi connectivity index (χ0v) is 12.7. The van der Waals surface area contributed by atoms with Gasteiger partial charge in [-0.15, -0.1) is 0 Å². The number of halogens is 1. The Bertz CT molecular complexity index is 480. The van der Waals surface area contributed by atoms with Crippen molar-refractivity contribution in [3.63, 3.8) is 0 Å². The SMILES string of the molecule is CC[C@H](C)NC(=S)Nc1ccc(Cl)c(C(=O)OC)c1. The van der Waals surface area contributed by atoms with Crippen LogP contribution in [-0.4, -0.2) is 24.2 Å². The lowest BCUT2D eigenvalue weighted by atomic mass is 10.2. The van der Waals surface area contributed by atoms with Crippen molar-refractivity contribution in [2.24, 2.45) is 0 Å². The zero-order valence-electron chi connectivity index (χ0n) is 11.1. The Kier molecular flexibility index (Phi) is 6.05. The number of thiocarbonyl (C=S) groups is 1. The molecule has 0 bridgehead atoms. The lowest BCUT2D eigenvalue weighted by Gasteiger charge is -2.15. The van der Waals surface area contributed by atoms with E-state index in [0.717, 1.165) is 6.42 Å². The highest BCUT2D eigenvalue weighted by Crippen LogP contribution is 2.21. The van der Waals surface area contributed by atoms with Crippen LogP contribution in [0.5, 0.6) is 0 Å². The van der Waals surface area contributed by atoms with Gasteiger partial charge in [-0.3, -0.25) is 0 Å². The van der Waals surface area contributed by atoms with Crippen LogP contribution in [0.4, 0.5) is 5.69 Å². The van der Waals surface area contributed by atoms with Crippen molar-refractivity contribution in [3.8, 4) is 0 Å². The fourth-order valence-electron chi connectivity index (χ4n) is 1.36. The number of carbonyl (C=O) groups excluding carboxylic acids is 1. The summed E-state index contributed by atoms with van der Waals surface area (Å²) in [5.41, 5.74) is 0.992. The minimum atomic E-state index is -0.477. The maximum atomic E-state index is 11.5. The molecule has 0 amide bonds. The Morgan fingerprint density at radius 2 is 2.21 bits per heavy atom. The molecule has 4 nitrogen and oxygen atoms in total. The third-order valence-corrected chi connectivity index (χ3v) is 3.17. The number of hydrogen-bond donors (Lipinski definition) is 2. The van der Waals surface area contributed by atoms with Crippen molar-refractivity contribution in [1.82, 2.24) is 5.32 Å². The summed E-state index contributed by atoms with van der Waals surface area (Å²) in [6, 6.07) is 5.27. The molecule has 0 aliphatic rings. The predicted octanol–water partition coefficient (Wildman–Crippen LogP) is 3.21. The van der Waals surface area contributed by atoms with Crippen LogP contribution in [0.25, 0.3) is 0 Å². The Balaban J connectivity index is 2.80. The molecule has 6 heteroatoms. The van der Waals surface area contributed by atoms with Crippen molar-refractivity contribution in [3.05, 3.63) is 28.8 Å². The van der Waals surface area contributed by atoms with Crippen LogP contribution in [0.3, 0.4) is 0 Å². The standard InChI is InChI=1S/C13H17ClN2O2S/c1-4-8(2)15-13(19)16-9-5-6-11(14)10(7-9)12(17)18-3/h5-8H,4H2,1-3H3,(H2,15,16,19)/t8-/m0/s1. The molecule has 0 heterocycles. The maximum absolute atomic E-state index is 11.5.